The van der Waals surface area contributed by atoms with Gasteiger partial charge in [0.05, 0.1) is 24.9 Å². The molecular weight excluding hydrogens is 335 g/mol. The zero-order valence-electron chi connectivity index (χ0n) is 15.9. The van der Waals surface area contributed by atoms with Crippen LogP contribution in [-0.2, 0) is 16.8 Å². The maximum absolute atomic E-state index is 15.0. The zero-order chi connectivity index (χ0) is 18.7. The lowest BCUT2D eigenvalue weighted by Crippen LogP contribution is -2.47. The molecule has 1 fully saturated rings. The van der Waals surface area contributed by atoms with E-state index in [0.29, 0.717) is 38.2 Å². The Morgan fingerprint density at radius 1 is 1.31 bits per heavy atom. The molecule has 0 spiro atoms. The van der Waals surface area contributed by atoms with Crippen molar-refractivity contribution in [1.29, 1.82) is 0 Å². The maximum atomic E-state index is 15.0. The summed E-state index contributed by atoms with van der Waals surface area (Å²) in [7, 11) is 1.48. The number of hydrogen-bond acceptors (Lipinski definition) is 5. The highest BCUT2D eigenvalue weighted by Crippen LogP contribution is 2.37. The number of nitrogens with zero attached hydrogens (tertiary/aromatic N) is 1. The van der Waals surface area contributed by atoms with Gasteiger partial charge in [-0.05, 0) is 25.8 Å². The molecule has 0 amide bonds. The number of oxazole rings is 1. The van der Waals surface area contributed by atoms with Crippen molar-refractivity contribution < 1.29 is 18.3 Å². The predicted molar refractivity (Wildman–Crippen MR) is 96.9 cm³/mol. The standard InChI is InChI=1S/C20H27FN2O3/c1-13(2)19-23-14(3)17(26-19)12-22-20(8-10-25-11-9-20)15-6-5-7-16(24-4)18(15)21/h5-7,13,22H,8-12H2,1-4H3. The third-order valence-corrected chi connectivity index (χ3v) is 5.04. The molecule has 1 N–H and O–H groups in total. The predicted octanol–water partition coefficient (Wildman–Crippen LogP) is 4.05. The van der Waals surface area contributed by atoms with Crippen LogP contribution in [0.4, 0.5) is 4.39 Å². The van der Waals surface area contributed by atoms with Crippen LogP contribution in [0.25, 0.3) is 0 Å². The van der Waals surface area contributed by atoms with Crippen molar-refractivity contribution in [2.45, 2.75) is 51.6 Å². The van der Waals surface area contributed by atoms with E-state index in [9.17, 15) is 4.39 Å². The summed E-state index contributed by atoms with van der Waals surface area (Å²) in [5.41, 5.74) is 0.963. The quantitative estimate of drug-likeness (QED) is 0.840. The van der Waals surface area contributed by atoms with Gasteiger partial charge in [-0.3, -0.25) is 5.32 Å². The Hall–Kier alpha value is -1.92. The molecule has 0 aliphatic carbocycles. The number of nitrogens with one attached hydrogen (secondary N) is 1. The molecule has 26 heavy (non-hydrogen) atoms. The van der Waals surface area contributed by atoms with Crippen LogP contribution < -0.4 is 10.1 Å². The Morgan fingerprint density at radius 3 is 2.65 bits per heavy atom. The van der Waals surface area contributed by atoms with Crippen LogP contribution in [0.3, 0.4) is 0 Å². The minimum absolute atomic E-state index is 0.232. The molecule has 3 rings (SSSR count). The van der Waals surface area contributed by atoms with E-state index in [0.717, 1.165) is 17.3 Å². The van der Waals surface area contributed by atoms with E-state index in [-0.39, 0.29) is 17.5 Å². The Kier molecular flexibility index (Phi) is 5.63. The normalized spacial score (nSPS) is 16.8. The van der Waals surface area contributed by atoms with Crippen molar-refractivity contribution in [3.8, 4) is 5.75 Å². The topological polar surface area (TPSA) is 56.5 Å². The number of rotatable bonds is 6. The second-order valence-corrected chi connectivity index (χ2v) is 7.09. The molecule has 1 aliphatic rings. The van der Waals surface area contributed by atoms with Crippen molar-refractivity contribution in [1.82, 2.24) is 10.3 Å². The molecule has 1 aliphatic heterocycles. The number of methoxy groups -OCH3 is 1. The van der Waals surface area contributed by atoms with Gasteiger partial charge >= 0.3 is 0 Å². The van der Waals surface area contributed by atoms with Gasteiger partial charge in [0.15, 0.2) is 17.5 Å². The van der Waals surface area contributed by atoms with Crippen molar-refractivity contribution >= 4 is 0 Å². The highest BCUT2D eigenvalue weighted by Gasteiger charge is 2.37. The van der Waals surface area contributed by atoms with E-state index in [2.05, 4.69) is 10.3 Å². The number of benzene rings is 1. The molecule has 1 aromatic heterocycles. The highest BCUT2D eigenvalue weighted by atomic mass is 19.1. The van der Waals surface area contributed by atoms with E-state index >= 15 is 0 Å². The maximum Gasteiger partial charge on any atom is 0.197 e. The first-order valence-electron chi connectivity index (χ1n) is 9.09. The summed E-state index contributed by atoms with van der Waals surface area (Å²) >= 11 is 0. The summed E-state index contributed by atoms with van der Waals surface area (Å²) in [4.78, 5) is 4.49. The number of aromatic nitrogens is 1. The molecule has 0 atom stereocenters. The summed E-state index contributed by atoms with van der Waals surface area (Å²) in [6, 6.07) is 5.29. The molecule has 1 aromatic carbocycles. The van der Waals surface area contributed by atoms with Gasteiger partial charge in [-0.25, -0.2) is 9.37 Å². The summed E-state index contributed by atoms with van der Waals surface area (Å²) in [5.74, 6) is 1.70. The first-order valence-corrected chi connectivity index (χ1v) is 9.09. The summed E-state index contributed by atoms with van der Waals surface area (Å²) < 4.78 is 31.6. The number of halogens is 1. The average Bonchev–Trinajstić information content (AvgIpc) is 3.02. The fraction of sp³-hybridized carbons (Fsp3) is 0.550. The van der Waals surface area contributed by atoms with Gasteiger partial charge < -0.3 is 13.9 Å². The van der Waals surface area contributed by atoms with Crippen LogP contribution in [0, 0.1) is 12.7 Å². The molecule has 6 heteroatoms. The zero-order valence-corrected chi connectivity index (χ0v) is 15.9. The fourth-order valence-electron chi connectivity index (χ4n) is 3.41. The van der Waals surface area contributed by atoms with Crippen LogP contribution in [0.15, 0.2) is 22.6 Å². The van der Waals surface area contributed by atoms with Crippen molar-refractivity contribution in [2.75, 3.05) is 20.3 Å². The van der Waals surface area contributed by atoms with Crippen molar-refractivity contribution in [3.63, 3.8) is 0 Å². The minimum atomic E-state index is -0.520. The molecule has 0 unspecified atom stereocenters. The smallest absolute Gasteiger partial charge is 0.197 e. The molecule has 0 saturated carbocycles. The lowest BCUT2D eigenvalue weighted by Gasteiger charge is -2.39. The molecule has 2 aromatic rings. The number of ether oxygens (including phenoxy) is 2. The molecule has 0 bridgehead atoms. The van der Waals surface area contributed by atoms with Crippen LogP contribution in [0.5, 0.6) is 5.75 Å². The van der Waals surface area contributed by atoms with E-state index in [1.165, 1.54) is 7.11 Å². The first-order chi connectivity index (χ1) is 12.5. The largest absolute Gasteiger partial charge is 0.494 e. The third-order valence-electron chi connectivity index (χ3n) is 5.04. The van der Waals surface area contributed by atoms with Gasteiger partial charge in [0.2, 0.25) is 0 Å². The monoisotopic (exact) mass is 362 g/mol. The average molecular weight is 362 g/mol. The van der Waals surface area contributed by atoms with Crippen LogP contribution >= 0.6 is 0 Å². The van der Waals surface area contributed by atoms with Crippen LogP contribution in [0.2, 0.25) is 0 Å². The second kappa shape index (κ2) is 7.76. The van der Waals surface area contributed by atoms with E-state index in [1.807, 2.05) is 32.9 Å². The van der Waals surface area contributed by atoms with Crippen molar-refractivity contribution in [2.24, 2.45) is 0 Å². The van der Waals surface area contributed by atoms with E-state index in [4.69, 9.17) is 13.9 Å². The third kappa shape index (κ3) is 3.62. The van der Waals surface area contributed by atoms with Gasteiger partial charge in [0.1, 0.15) is 5.76 Å². The summed E-state index contributed by atoms with van der Waals surface area (Å²) in [5, 5.41) is 3.54. The lowest BCUT2D eigenvalue weighted by atomic mass is 9.82. The lowest BCUT2D eigenvalue weighted by molar-refractivity contribution is 0.0334. The molecule has 5 nitrogen and oxygen atoms in total. The Balaban J connectivity index is 1.89. The van der Waals surface area contributed by atoms with Gasteiger partial charge in [0, 0.05) is 24.7 Å². The summed E-state index contributed by atoms with van der Waals surface area (Å²) in [6.45, 7) is 7.69. The van der Waals surface area contributed by atoms with Crippen LogP contribution in [-0.4, -0.2) is 25.3 Å². The van der Waals surface area contributed by atoms with Crippen LogP contribution in [0.1, 0.15) is 55.5 Å². The number of hydrogen-bond donors (Lipinski definition) is 1. The molecule has 142 valence electrons. The van der Waals surface area contributed by atoms with Gasteiger partial charge in [-0.1, -0.05) is 26.0 Å². The Labute approximate surface area is 153 Å². The SMILES string of the molecule is COc1cccc(C2(NCc3oc(C(C)C)nc3C)CCOCC2)c1F. The first kappa shape index (κ1) is 18.9. The highest BCUT2D eigenvalue weighted by molar-refractivity contribution is 5.36. The van der Waals surface area contributed by atoms with Gasteiger partial charge in [0.25, 0.3) is 0 Å². The Morgan fingerprint density at radius 2 is 2.04 bits per heavy atom. The van der Waals surface area contributed by atoms with E-state index < -0.39 is 5.54 Å². The van der Waals surface area contributed by atoms with Crippen molar-refractivity contribution in [3.05, 3.63) is 46.9 Å². The minimum Gasteiger partial charge on any atom is -0.494 e. The van der Waals surface area contributed by atoms with Gasteiger partial charge in [-0.15, -0.1) is 0 Å². The van der Waals surface area contributed by atoms with Gasteiger partial charge in [-0.2, -0.15) is 0 Å². The molecule has 1 saturated heterocycles. The Bertz CT molecular complexity index is 752. The molecule has 2 heterocycles. The summed E-state index contributed by atoms with van der Waals surface area (Å²) in [6.07, 6.45) is 1.36. The number of aryl methyl sites for hydroxylation is 1. The molecular formula is C20H27FN2O3. The fourth-order valence-corrected chi connectivity index (χ4v) is 3.41. The van der Waals surface area contributed by atoms with E-state index in [1.54, 1.807) is 6.07 Å². The molecule has 0 radical (unpaired) electrons. The second-order valence-electron chi connectivity index (χ2n) is 7.09.